The number of methoxy groups -OCH3 is 1. The first-order chi connectivity index (χ1) is 11.3. The minimum atomic E-state index is -0.379. The van der Waals surface area contributed by atoms with E-state index in [1.165, 1.54) is 0 Å². The van der Waals surface area contributed by atoms with Crippen molar-refractivity contribution in [3.05, 3.63) is 72.6 Å². The van der Waals surface area contributed by atoms with Gasteiger partial charge in [-0.1, -0.05) is 54.6 Å². The lowest BCUT2D eigenvalue weighted by Gasteiger charge is -2.17. The second-order valence-corrected chi connectivity index (χ2v) is 5.51. The number of benzene rings is 2. The van der Waals surface area contributed by atoms with Crippen molar-refractivity contribution in [2.75, 3.05) is 13.7 Å². The highest BCUT2D eigenvalue weighted by Gasteiger charge is 2.20. The zero-order valence-electron chi connectivity index (χ0n) is 13.1. The second-order valence-electron chi connectivity index (χ2n) is 5.51. The molecule has 0 saturated carbocycles. The summed E-state index contributed by atoms with van der Waals surface area (Å²) >= 11 is 0. The number of hydrogen-bond acceptors (Lipinski definition) is 2. The average molecular weight is 308 g/mol. The van der Waals surface area contributed by atoms with Gasteiger partial charge >= 0.3 is 0 Å². The van der Waals surface area contributed by atoms with E-state index in [9.17, 15) is 4.79 Å². The van der Waals surface area contributed by atoms with Gasteiger partial charge in [0.05, 0.1) is 6.61 Å². The van der Waals surface area contributed by atoms with E-state index in [1.54, 1.807) is 7.11 Å². The fourth-order valence-electron chi connectivity index (χ4n) is 2.64. The first kappa shape index (κ1) is 15.3. The number of carbonyl (C=O) groups excluding carboxylic acids is 1. The second kappa shape index (κ2) is 7.11. The Bertz CT molecular complexity index is 747. The number of amides is 1. The van der Waals surface area contributed by atoms with Gasteiger partial charge in [0.15, 0.2) is 0 Å². The minimum Gasteiger partial charge on any atom is -0.382 e. The molecule has 0 unspecified atom stereocenters. The molecule has 1 N–H and O–H groups in total. The highest BCUT2D eigenvalue weighted by molar-refractivity contribution is 5.85. The molecule has 2 aromatic carbocycles. The molecule has 0 saturated heterocycles. The number of carbonyl (C=O) groups is 1. The molecule has 4 nitrogen and oxygen atoms in total. The van der Waals surface area contributed by atoms with E-state index in [4.69, 9.17) is 4.74 Å². The van der Waals surface area contributed by atoms with Crippen molar-refractivity contribution in [2.24, 2.45) is 0 Å². The molecule has 1 amide bonds. The maximum Gasteiger partial charge on any atom is 0.245 e. The van der Waals surface area contributed by atoms with E-state index in [0.717, 1.165) is 16.3 Å². The number of aromatic nitrogens is 1. The Kier molecular flexibility index (Phi) is 4.74. The van der Waals surface area contributed by atoms with Crippen molar-refractivity contribution >= 4 is 16.7 Å². The molecule has 1 heterocycles. The molecule has 3 aromatic rings. The van der Waals surface area contributed by atoms with Crippen molar-refractivity contribution in [2.45, 2.75) is 12.6 Å². The number of nitrogens with zero attached hydrogens (tertiary/aromatic N) is 1. The summed E-state index contributed by atoms with van der Waals surface area (Å²) in [5.41, 5.74) is 1.08. The fourth-order valence-corrected chi connectivity index (χ4v) is 2.64. The third kappa shape index (κ3) is 3.60. The maximum atomic E-state index is 12.6. The van der Waals surface area contributed by atoms with Gasteiger partial charge in [-0.2, -0.15) is 0 Å². The Morgan fingerprint density at radius 1 is 1.04 bits per heavy atom. The molecular formula is C19H20N2O2. The lowest BCUT2D eigenvalue weighted by Crippen LogP contribution is -2.34. The van der Waals surface area contributed by atoms with Gasteiger partial charge in [0.2, 0.25) is 5.91 Å². The van der Waals surface area contributed by atoms with Crippen LogP contribution in [0.25, 0.3) is 10.8 Å². The van der Waals surface area contributed by atoms with Crippen molar-refractivity contribution < 1.29 is 9.53 Å². The number of nitrogens with one attached hydrogen (secondary N) is 1. The van der Waals surface area contributed by atoms with Crippen molar-refractivity contribution in [3.63, 3.8) is 0 Å². The van der Waals surface area contributed by atoms with Crippen LogP contribution < -0.4 is 5.32 Å². The molecule has 118 valence electrons. The van der Waals surface area contributed by atoms with E-state index in [2.05, 4.69) is 5.32 Å². The van der Waals surface area contributed by atoms with E-state index in [-0.39, 0.29) is 11.9 Å². The van der Waals surface area contributed by atoms with Crippen LogP contribution in [-0.4, -0.2) is 24.2 Å². The number of ether oxygens (including phenoxy) is 1. The number of rotatable bonds is 6. The standard InChI is InChI=1S/C19H20N2O2/c1-23-14-18(19(22)20-11-15-7-3-2-4-8-15)21-12-16-9-5-6-10-17(16)13-21/h2-10,12-13,18H,11,14H2,1H3,(H,20,22)/t18-/m1/s1. The Morgan fingerprint density at radius 3 is 2.26 bits per heavy atom. The molecule has 1 aromatic heterocycles. The van der Waals surface area contributed by atoms with E-state index in [0.29, 0.717) is 13.2 Å². The van der Waals surface area contributed by atoms with Crippen LogP contribution in [0.15, 0.2) is 67.0 Å². The zero-order valence-corrected chi connectivity index (χ0v) is 13.1. The lowest BCUT2D eigenvalue weighted by molar-refractivity contribution is -0.126. The number of fused-ring (bicyclic) bond motifs is 1. The van der Waals surface area contributed by atoms with Crippen LogP contribution in [0.5, 0.6) is 0 Å². The summed E-state index contributed by atoms with van der Waals surface area (Å²) < 4.78 is 7.17. The Hall–Kier alpha value is -2.59. The van der Waals surface area contributed by atoms with Gasteiger partial charge in [0.1, 0.15) is 6.04 Å². The summed E-state index contributed by atoms with van der Waals surface area (Å²) in [4.78, 5) is 12.6. The highest BCUT2D eigenvalue weighted by Crippen LogP contribution is 2.19. The Labute approximate surface area is 135 Å². The van der Waals surface area contributed by atoms with Crippen LogP contribution in [0.3, 0.4) is 0 Å². The SMILES string of the molecule is COC[C@H](C(=O)NCc1ccccc1)n1cc2ccccc2c1. The molecule has 1 atom stereocenters. The minimum absolute atomic E-state index is 0.0454. The van der Waals surface area contributed by atoms with Crippen LogP contribution in [-0.2, 0) is 16.1 Å². The summed E-state index contributed by atoms with van der Waals surface area (Å²) in [5.74, 6) is -0.0454. The first-order valence-corrected chi connectivity index (χ1v) is 7.65. The molecular weight excluding hydrogens is 288 g/mol. The Balaban J connectivity index is 1.76. The lowest BCUT2D eigenvalue weighted by atomic mass is 10.2. The molecule has 0 fully saturated rings. The van der Waals surface area contributed by atoms with E-state index < -0.39 is 0 Å². The zero-order chi connectivity index (χ0) is 16.1. The summed E-state index contributed by atoms with van der Waals surface area (Å²) in [7, 11) is 1.61. The molecule has 0 radical (unpaired) electrons. The van der Waals surface area contributed by atoms with E-state index in [1.807, 2.05) is 71.6 Å². The van der Waals surface area contributed by atoms with Gasteiger partial charge in [-0.25, -0.2) is 0 Å². The quantitative estimate of drug-likeness (QED) is 0.760. The van der Waals surface area contributed by atoms with Crippen LogP contribution in [0, 0.1) is 0 Å². The molecule has 0 aliphatic rings. The van der Waals surface area contributed by atoms with Crippen molar-refractivity contribution in [1.29, 1.82) is 0 Å². The topological polar surface area (TPSA) is 43.3 Å². The molecule has 0 aliphatic heterocycles. The fraction of sp³-hybridized carbons (Fsp3) is 0.211. The monoisotopic (exact) mass is 308 g/mol. The van der Waals surface area contributed by atoms with Crippen LogP contribution >= 0.6 is 0 Å². The van der Waals surface area contributed by atoms with Crippen LogP contribution in [0.4, 0.5) is 0 Å². The third-order valence-electron chi connectivity index (χ3n) is 3.87. The summed E-state index contributed by atoms with van der Waals surface area (Å²) in [6, 6.07) is 17.6. The van der Waals surface area contributed by atoms with E-state index >= 15 is 0 Å². The molecule has 0 aliphatic carbocycles. The van der Waals surface area contributed by atoms with Gasteiger partial charge in [-0.3, -0.25) is 4.79 Å². The predicted molar refractivity (Wildman–Crippen MR) is 91.1 cm³/mol. The smallest absolute Gasteiger partial charge is 0.245 e. The molecule has 4 heteroatoms. The van der Waals surface area contributed by atoms with Gasteiger partial charge in [0.25, 0.3) is 0 Å². The average Bonchev–Trinajstić information content (AvgIpc) is 3.02. The summed E-state index contributed by atoms with van der Waals surface area (Å²) in [6.45, 7) is 0.849. The largest absolute Gasteiger partial charge is 0.382 e. The van der Waals surface area contributed by atoms with Gasteiger partial charge in [-0.05, 0) is 16.3 Å². The molecule has 0 bridgehead atoms. The van der Waals surface area contributed by atoms with Crippen molar-refractivity contribution in [1.82, 2.24) is 9.88 Å². The summed E-state index contributed by atoms with van der Waals surface area (Å²) in [5, 5.41) is 5.22. The number of hydrogen-bond donors (Lipinski definition) is 1. The third-order valence-corrected chi connectivity index (χ3v) is 3.87. The van der Waals surface area contributed by atoms with Crippen LogP contribution in [0.2, 0.25) is 0 Å². The van der Waals surface area contributed by atoms with Gasteiger partial charge in [-0.15, -0.1) is 0 Å². The molecule has 23 heavy (non-hydrogen) atoms. The van der Waals surface area contributed by atoms with Crippen molar-refractivity contribution in [3.8, 4) is 0 Å². The highest BCUT2D eigenvalue weighted by atomic mass is 16.5. The molecule has 0 spiro atoms. The summed E-state index contributed by atoms with van der Waals surface area (Å²) in [6.07, 6.45) is 3.97. The molecule has 3 rings (SSSR count). The van der Waals surface area contributed by atoms with Gasteiger partial charge < -0.3 is 14.6 Å². The van der Waals surface area contributed by atoms with Gasteiger partial charge in [0, 0.05) is 26.0 Å². The van der Waals surface area contributed by atoms with Crippen LogP contribution in [0.1, 0.15) is 11.6 Å². The first-order valence-electron chi connectivity index (χ1n) is 7.65. The Morgan fingerprint density at radius 2 is 1.65 bits per heavy atom. The normalized spacial score (nSPS) is 12.2. The predicted octanol–water partition coefficient (Wildman–Crippen LogP) is 3.15. The maximum absolute atomic E-state index is 12.6.